The summed E-state index contributed by atoms with van der Waals surface area (Å²) >= 11 is 7.77. The molecule has 0 fully saturated rings. The van der Waals surface area contributed by atoms with Crippen molar-refractivity contribution in [2.45, 2.75) is 32.2 Å². The maximum atomic E-state index is 13.6. The number of nitrogens with one attached hydrogen (secondary N) is 1. The van der Waals surface area contributed by atoms with Gasteiger partial charge in [0.2, 0.25) is 0 Å². The van der Waals surface area contributed by atoms with Gasteiger partial charge >= 0.3 is 0 Å². The highest BCUT2D eigenvalue weighted by Crippen LogP contribution is 2.39. The molecule has 1 N–H and O–H groups in total. The van der Waals surface area contributed by atoms with Gasteiger partial charge in [-0.25, -0.2) is 4.39 Å². The zero-order chi connectivity index (χ0) is 13.4. The van der Waals surface area contributed by atoms with E-state index in [1.54, 1.807) is 17.4 Å². The Labute approximate surface area is 121 Å². The van der Waals surface area contributed by atoms with E-state index in [1.165, 1.54) is 16.5 Å². The summed E-state index contributed by atoms with van der Waals surface area (Å²) in [4.78, 5) is 1.36. The van der Waals surface area contributed by atoms with Crippen LogP contribution in [0.25, 0.3) is 0 Å². The fourth-order valence-electron chi connectivity index (χ4n) is 2.62. The van der Waals surface area contributed by atoms with Crippen LogP contribution < -0.4 is 5.32 Å². The monoisotopic (exact) mass is 295 g/mol. The predicted octanol–water partition coefficient (Wildman–Crippen LogP) is 5.34. The van der Waals surface area contributed by atoms with Crippen molar-refractivity contribution in [2.24, 2.45) is 0 Å². The smallest absolute Gasteiger partial charge is 0.128 e. The van der Waals surface area contributed by atoms with Crippen LogP contribution in [-0.4, -0.2) is 0 Å². The lowest BCUT2D eigenvalue weighted by molar-refractivity contribution is 0.602. The highest BCUT2D eigenvalue weighted by Gasteiger charge is 2.23. The average Bonchev–Trinajstić information content (AvgIpc) is 2.76. The van der Waals surface area contributed by atoms with E-state index in [0.717, 1.165) is 29.3 Å². The van der Waals surface area contributed by atoms with Crippen molar-refractivity contribution in [1.82, 2.24) is 0 Å². The number of fused-ring (bicyclic) bond motifs is 1. The topological polar surface area (TPSA) is 12.0 Å². The van der Waals surface area contributed by atoms with Crippen molar-refractivity contribution in [3.05, 3.63) is 50.4 Å². The zero-order valence-electron chi connectivity index (χ0n) is 10.7. The molecule has 0 amide bonds. The van der Waals surface area contributed by atoms with Gasteiger partial charge in [-0.2, -0.15) is 0 Å². The number of benzene rings is 1. The molecule has 0 aliphatic heterocycles. The van der Waals surface area contributed by atoms with Gasteiger partial charge in [0.1, 0.15) is 5.82 Å². The molecular weight excluding hydrogens is 281 g/mol. The van der Waals surface area contributed by atoms with Crippen molar-refractivity contribution in [3.8, 4) is 0 Å². The standard InChI is InChI=1S/C15H15ClFNS/c1-9-11(17)4-2-5-12(9)18-13-6-3-7-14-10(13)8-15(16)19-14/h2,4-5,8,13,18H,3,6-7H2,1H3. The van der Waals surface area contributed by atoms with Crippen molar-refractivity contribution in [2.75, 3.05) is 5.32 Å². The van der Waals surface area contributed by atoms with Crippen LogP contribution in [0.5, 0.6) is 0 Å². The molecule has 19 heavy (non-hydrogen) atoms. The number of aryl methyl sites for hydroxylation is 1. The average molecular weight is 296 g/mol. The minimum atomic E-state index is -0.163. The van der Waals surface area contributed by atoms with Gasteiger partial charge in [-0.1, -0.05) is 17.7 Å². The molecule has 4 heteroatoms. The van der Waals surface area contributed by atoms with Crippen LogP contribution in [0.1, 0.15) is 34.9 Å². The van der Waals surface area contributed by atoms with E-state index in [2.05, 4.69) is 5.32 Å². The molecule has 1 atom stereocenters. The lowest BCUT2D eigenvalue weighted by atomic mass is 9.93. The van der Waals surface area contributed by atoms with Crippen LogP contribution in [0.4, 0.5) is 10.1 Å². The van der Waals surface area contributed by atoms with Crippen LogP contribution in [0.2, 0.25) is 4.34 Å². The number of halogens is 2. The molecule has 0 spiro atoms. The third-order valence-electron chi connectivity index (χ3n) is 3.68. The Kier molecular flexibility index (Phi) is 3.50. The van der Waals surface area contributed by atoms with Gasteiger partial charge in [0, 0.05) is 16.1 Å². The summed E-state index contributed by atoms with van der Waals surface area (Å²) in [5, 5.41) is 3.47. The van der Waals surface area contributed by atoms with Crippen LogP contribution in [0.15, 0.2) is 24.3 Å². The number of thiophene rings is 1. The molecule has 1 aromatic carbocycles. The van der Waals surface area contributed by atoms with E-state index in [9.17, 15) is 4.39 Å². The highest BCUT2D eigenvalue weighted by molar-refractivity contribution is 7.16. The van der Waals surface area contributed by atoms with Crippen molar-refractivity contribution < 1.29 is 4.39 Å². The molecule has 1 nitrogen and oxygen atoms in total. The van der Waals surface area contributed by atoms with Crippen molar-refractivity contribution >= 4 is 28.6 Å². The first-order valence-corrected chi connectivity index (χ1v) is 7.64. The van der Waals surface area contributed by atoms with Gasteiger partial charge < -0.3 is 5.32 Å². The highest BCUT2D eigenvalue weighted by atomic mass is 35.5. The molecule has 1 aromatic heterocycles. The summed E-state index contributed by atoms with van der Waals surface area (Å²) in [6, 6.07) is 7.46. The third-order valence-corrected chi connectivity index (χ3v) is 5.02. The maximum absolute atomic E-state index is 13.6. The summed E-state index contributed by atoms with van der Waals surface area (Å²) in [5.41, 5.74) is 2.83. The van der Waals surface area contributed by atoms with Gasteiger partial charge in [-0.15, -0.1) is 11.3 Å². The third kappa shape index (κ3) is 2.49. The van der Waals surface area contributed by atoms with Gasteiger partial charge in [0.25, 0.3) is 0 Å². The molecule has 3 rings (SSSR count). The summed E-state index contributed by atoms with van der Waals surface area (Å²) in [6.07, 6.45) is 3.32. The molecular formula is C15H15ClFNS. The number of rotatable bonds is 2. The molecule has 0 saturated heterocycles. The fraction of sp³-hybridized carbons (Fsp3) is 0.333. The first-order valence-electron chi connectivity index (χ1n) is 6.45. The Morgan fingerprint density at radius 3 is 3.11 bits per heavy atom. The van der Waals surface area contributed by atoms with Gasteiger partial charge in [0.05, 0.1) is 10.4 Å². The second-order valence-electron chi connectivity index (χ2n) is 4.93. The Bertz CT molecular complexity index is 608. The van der Waals surface area contributed by atoms with E-state index in [4.69, 9.17) is 11.6 Å². The molecule has 1 aliphatic carbocycles. The second kappa shape index (κ2) is 5.14. The van der Waals surface area contributed by atoms with E-state index >= 15 is 0 Å². The molecule has 0 radical (unpaired) electrons. The normalized spacial score (nSPS) is 18.2. The number of hydrogen-bond donors (Lipinski definition) is 1. The molecule has 1 aliphatic rings. The van der Waals surface area contributed by atoms with Crippen LogP contribution in [-0.2, 0) is 6.42 Å². The van der Waals surface area contributed by atoms with Crippen molar-refractivity contribution in [3.63, 3.8) is 0 Å². The molecule has 100 valence electrons. The minimum absolute atomic E-state index is 0.163. The zero-order valence-corrected chi connectivity index (χ0v) is 12.2. The summed E-state index contributed by atoms with van der Waals surface area (Å²) in [5.74, 6) is -0.163. The predicted molar refractivity (Wildman–Crippen MR) is 79.8 cm³/mol. The van der Waals surface area contributed by atoms with E-state index in [0.29, 0.717) is 5.56 Å². The quantitative estimate of drug-likeness (QED) is 0.788. The van der Waals surface area contributed by atoms with Crippen LogP contribution in [0.3, 0.4) is 0 Å². The summed E-state index contributed by atoms with van der Waals surface area (Å²) in [7, 11) is 0. The lowest BCUT2D eigenvalue weighted by Crippen LogP contribution is -2.16. The number of hydrogen-bond acceptors (Lipinski definition) is 2. The maximum Gasteiger partial charge on any atom is 0.128 e. The Hall–Kier alpha value is -1.06. The summed E-state index contributed by atoms with van der Waals surface area (Å²) < 4.78 is 14.4. The van der Waals surface area contributed by atoms with Gasteiger partial charge in [-0.05, 0) is 49.9 Å². The lowest BCUT2D eigenvalue weighted by Gasteiger charge is -2.25. The van der Waals surface area contributed by atoms with Gasteiger partial charge in [-0.3, -0.25) is 0 Å². The van der Waals surface area contributed by atoms with Crippen molar-refractivity contribution in [1.29, 1.82) is 0 Å². The Morgan fingerprint density at radius 1 is 1.42 bits per heavy atom. The van der Waals surface area contributed by atoms with E-state index in [1.807, 2.05) is 19.1 Å². The molecule has 0 saturated carbocycles. The fourth-order valence-corrected chi connectivity index (χ4v) is 4.01. The Balaban J connectivity index is 1.90. The molecule has 0 bridgehead atoms. The first-order chi connectivity index (χ1) is 9.15. The molecule has 1 unspecified atom stereocenters. The summed E-state index contributed by atoms with van der Waals surface area (Å²) in [6.45, 7) is 1.81. The second-order valence-corrected chi connectivity index (χ2v) is 6.70. The van der Waals surface area contributed by atoms with E-state index in [-0.39, 0.29) is 11.9 Å². The minimum Gasteiger partial charge on any atom is -0.378 e. The Morgan fingerprint density at radius 2 is 2.26 bits per heavy atom. The largest absolute Gasteiger partial charge is 0.378 e. The van der Waals surface area contributed by atoms with Crippen LogP contribution >= 0.6 is 22.9 Å². The van der Waals surface area contributed by atoms with Gasteiger partial charge in [0.15, 0.2) is 0 Å². The SMILES string of the molecule is Cc1c(F)cccc1NC1CCCc2sc(Cl)cc21. The molecule has 1 heterocycles. The van der Waals surface area contributed by atoms with E-state index < -0.39 is 0 Å². The molecule has 2 aromatic rings. The number of anilines is 1. The van der Waals surface area contributed by atoms with Crippen LogP contribution in [0, 0.1) is 12.7 Å². The first kappa shape index (κ1) is 12.9.